The average Bonchev–Trinajstić information content (AvgIpc) is 2.57. The Balaban J connectivity index is 1.95. The average molecular weight is 303 g/mol. The van der Waals surface area contributed by atoms with Crippen molar-refractivity contribution < 1.29 is 9.47 Å². The molecular formula is C17H25N3O2. The number of hydrogen-bond donors (Lipinski definition) is 2. The molecule has 22 heavy (non-hydrogen) atoms. The fourth-order valence-corrected chi connectivity index (χ4v) is 3.56. The lowest BCUT2D eigenvalue weighted by Gasteiger charge is -2.43. The second-order valence-corrected chi connectivity index (χ2v) is 5.86. The van der Waals surface area contributed by atoms with E-state index in [2.05, 4.69) is 28.8 Å². The summed E-state index contributed by atoms with van der Waals surface area (Å²) < 4.78 is 10.5. The van der Waals surface area contributed by atoms with Crippen LogP contribution in [0, 0.1) is 0 Å². The van der Waals surface area contributed by atoms with E-state index in [9.17, 15) is 0 Å². The molecule has 1 unspecified atom stereocenters. The topological polar surface area (TPSA) is 54.9 Å². The van der Waals surface area contributed by atoms with E-state index in [1.165, 1.54) is 11.1 Å². The van der Waals surface area contributed by atoms with E-state index in [0.717, 1.165) is 50.5 Å². The third kappa shape index (κ3) is 2.71. The van der Waals surface area contributed by atoms with Crippen LogP contribution in [0.15, 0.2) is 23.2 Å². The Kier molecular flexibility index (Phi) is 4.64. The van der Waals surface area contributed by atoms with Gasteiger partial charge in [-0.3, -0.25) is 10.3 Å². The lowest BCUT2D eigenvalue weighted by molar-refractivity contribution is 0.202. The van der Waals surface area contributed by atoms with Crippen molar-refractivity contribution in [3.8, 4) is 5.75 Å². The van der Waals surface area contributed by atoms with Crippen molar-refractivity contribution in [2.75, 3.05) is 40.5 Å². The van der Waals surface area contributed by atoms with Gasteiger partial charge >= 0.3 is 0 Å². The number of amidine groups is 1. The zero-order valence-corrected chi connectivity index (χ0v) is 13.4. The number of rotatable bonds is 4. The van der Waals surface area contributed by atoms with Crippen molar-refractivity contribution in [3.05, 3.63) is 29.3 Å². The summed E-state index contributed by atoms with van der Waals surface area (Å²) in [5, 5.41) is 7.21. The lowest BCUT2D eigenvalue weighted by atomic mass is 9.74. The van der Waals surface area contributed by atoms with E-state index in [4.69, 9.17) is 14.5 Å². The third-order valence-corrected chi connectivity index (χ3v) is 4.58. The molecule has 1 aliphatic carbocycles. The van der Waals surface area contributed by atoms with Gasteiger partial charge in [-0.2, -0.15) is 0 Å². The molecule has 120 valence electrons. The van der Waals surface area contributed by atoms with Crippen LogP contribution >= 0.6 is 0 Å². The molecule has 5 heteroatoms. The second-order valence-electron chi connectivity index (χ2n) is 5.86. The van der Waals surface area contributed by atoms with E-state index < -0.39 is 0 Å². The van der Waals surface area contributed by atoms with Gasteiger partial charge in [0.25, 0.3) is 0 Å². The van der Waals surface area contributed by atoms with Crippen molar-refractivity contribution >= 4 is 5.84 Å². The Morgan fingerprint density at radius 3 is 3.09 bits per heavy atom. The van der Waals surface area contributed by atoms with Gasteiger partial charge in [-0.25, -0.2) is 0 Å². The number of aryl methyl sites for hydroxylation is 1. The summed E-state index contributed by atoms with van der Waals surface area (Å²) in [6.07, 6.45) is 3.32. The number of fused-ring (bicyclic) bond motifs is 2. The van der Waals surface area contributed by atoms with Gasteiger partial charge in [-0.05, 0) is 42.5 Å². The molecule has 1 heterocycles. The molecule has 0 saturated heterocycles. The standard InChI is InChI=1S/C17H25N3O2/c1-21-11-10-19-16-17(20-9-8-18-16)7-3-4-13-12-14(22-2)5-6-15(13)17/h5-6,12,20H,3-4,7-11H2,1-2H3,(H,18,19). The molecular weight excluding hydrogens is 278 g/mol. The largest absolute Gasteiger partial charge is 0.497 e. The van der Waals surface area contributed by atoms with Gasteiger partial charge < -0.3 is 14.8 Å². The highest BCUT2D eigenvalue weighted by molar-refractivity contribution is 5.94. The van der Waals surface area contributed by atoms with Crippen molar-refractivity contribution in [1.29, 1.82) is 0 Å². The first-order valence-electron chi connectivity index (χ1n) is 8.00. The number of aliphatic imine (C=N–C) groups is 1. The van der Waals surface area contributed by atoms with Crippen LogP contribution in [0.1, 0.15) is 24.0 Å². The van der Waals surface area contributed by atoms with Crippen LogP contribution in [0.3, 0.4) is 0 Å². The summed E-state index contributed by atoms with van der Waals surface area (Å²) in [4.78, 5) is 4.78. The Hall–Kier alpha value is -1.59. The normalized spacial score (nSPS) is 23.8. The summed E-state index contributed by atoms with van der Waals surface area (Å²) in [5.74, 6) is 1.99. The zero-order chi connectivity index (χ0) is 15.4. The molecule has 0 amide bonds. The number of benzene rings is 1. The highest BCUT2D eigenvalue weighted by atomic mass is 16.5. The molecule has 2 N–H and O–H groups in total. The third-order valence-electron chi connectivity index (χ3n) is 4.58. The van der Waals surface area contributed by atoms with Crippen molar-refractivity contribution in [3.63, 3.8) is 0 Å². The van der Waals surface area contributed by atoms with E-state index in [0.29, 0.717) is 6.61 Å². The highest BCUT2D eigenvalue weighted by Gasteiger charge is 2.42. The van der Waals surface area contributed by atoms with Gasteiger partial charge in [0, 0.05) is 20.2 Å². The fourth-order valence-electron chi connectivity index (χ4n) is 3.56. The lowest BCUT2D eigenvalue weighted by Crippen LogP contribution is -2.59. The number of methoxy groups -OCH3 is 2. The minimum Gasteiger partial charge on any atom is -0.497 e. The number of ether oxygens (including phenoxy) is 2. The summed E-state index contributed by atoms with van der Waals surface area (Å²) in [7, 11) is 3.44. The fraction of sp³-hybridized carbons (Fsp3) is 0.588. The SMILES string of the molecule is COCCNC1=NCCNC12CCCc1cc(OC)ccc12. The molecule has 5 nitrogen and oxygen atoms in total. The van der Waals surface area contributed by atoms with Gasteiger partial charge in [0.05, 0.1) is 20.3 Å². The van der Waals surface area contributed by atoms with Crippen LogP contribution in [0.25, 0.3) is 0 Å². The van der Waals surface area contributed by atoms with Gasteiger partial charge in [0.15, 0.2) is 0 Å². The Morgan fingerprint density at radius 1 is 1.36 bits per heavy atom. The molecule has 2 aliphatic rings. The Bertz CT molecular complexity index is 559. The quantitative estimate of drug-likeness (QED) is 0.827. The summed E-state index contributed by atoms with van der Waals surface area (Å²) in [6, 6.07) is 6.41. The number of nitrogens with one attached hydrogen (secondary N) is 2. The first-order chi connectivity index (χ1) is 10.8. The Labute approximate surface area is 132 Å². The summed E-state index contributed by atoms with van der Waals surface area (Å²) in [5.41, 5.74) is 2.52. The van der Waals surface area contributed by atoms with E-state index in [1.807, 2.05) is 0 Å². The minimum atomic E-state index is -0.175. The van der Waals surface area contributed by atoms with Crippen LogP contribution in [-0.2, 0) is 16.7 Å². The van der Waals surface area contributed by atoms with Crippen LogP contribution in [0.5, 0.6) is 5.75 Å². The first kappa shape index (κ1) is 15.3. The van der Waals surface area contributed by atoms with Crippen molar-refractivity contribution in [2.45, 2.75) is 24.8 Å². The molecule has 0 fully saturated rings. The van der Waals surface area contributed by atoms with Gasteiger partial charge in [0.2, 0.25) is 0 Å². The molecule has 1 aliphatic heterocycles. The monoisotopic (exact) mass is 303 g/mol. The molecule has 0 bridgehead atoms. The smallest absolute Gasteiger partial charge is 0.122 e. The van der Waals surface area contributed by atoms with E-state index in [1.54, 1.807) is 14.2 Å². The van der Waals surface area contributed by atoms with Crippen LogP contribution in [0.4, 0.5) is 0 Å². The first-order valence-corrected chi connectivity index (χ1v) is 8.00. The maximum atomic E-state index is 5.38. The maximum absolute atomic E-state index is 5.38. The number of nitrogens with zero attached hydrogens (tertiary/aromatic N) is 1. The van der Waals surface area contributed by atoms with E-state index in [-0.39, 0.29) is 5.54 Å². The molecule has 0 aromatic heterocycles. The Morgan fingerprint density at radius 2 is 2.27 bits per heavy atom. The zero-order valence-electron chi connectivity index (χ0n) is 13.4. The van der Waals surface area contributed by atoms with Crippen LogP contribution < -0.4 is 15.4 Å². The van der Waals surface area contributed by atoms with Crippen molar-refractivity contribution in [1.82, 2.24) is 10.6 Å². The van der Waals surface area contributed by atoms with Crippen LogP contribution in [0.2, 0.25) is 0 Å². The van der Waals surface area contributed by atoms with Crippen LogP contribution in [-0.4, -0.2) is 46.3 Å². The van der Waals surface area contributed by atoms with E-state index >= 15 is 0 Å². The molecule has 1 atom stereocenters. The van der Waals surface area contributed by atoms with Gasteiger partial charge in [-0.15, -0.1) is 0 Å². The highest BCUT2D eigenvalue weighted by Crippen LogP contribution is 2.38. The molecule has 1 aromatic rings. The molecule has 1 spiro atoms. The van der Waals surface area contributed by atoms with Gasteiger partial charge in [-0.1, -0.05) is 6.07 Å². The molecule has 3 rings (SSSR count). The summed E-state index contributed by atoms with van der Waals surface area (Å²) >= 11 is 0. The predicted octanol–water partition coefficient (Wildman–Crippen LogP) is 1.46. The maximum Gasteiger partial charge on any atom is 0.122 e. The van der Waals surface area contributed by atoms with Gasteiger partial charge in [0.1, 0.15) is 17.1 Å². The molecule has 0 radical (unpaired) electrons. The summed E-state index contributed by atoms with van der Waals surface area (Å²) in [6.45, 7) is 3.21. The number of hydrogen-bond acceptors (Lipinski definition) is 5. The molecule has 1 aromatic carbocycles. The minimum absolute atomic E-state index is 0.175. The predicted molar refractivity (Wildman–Crippen MR) is 87.8 cm³/mol. The van der Waals surface area contributed by atoms with Crippen molar-refractivity contribution in [2.24, 2.45) is 4.99 Å². The second kappa shape index (κ2) is 6.67. The molecule has 0 saturated carbocycles.